The number of aromatic nitrogens is 1. The van der Waals surface area contributed by atoms with Crippen LogP contribution in [0, 0.1) is 13.8 Å². The Morgan fingerprint density at radius 2 is 2.12 bits per heavy atom. The zero-order valence-corrected chi connectivity index (χ0v) is 10.6. The molecule has 0 fully saturated rings. The minimum atomic E-state index is -0.774. The molecule has 1 heterocycles. The van der Waals surface area contributed by atoms with Gasteiger partial charge in [-0.1, -0.05) is 17.7 Å². The van der Waals surface area contributed by atoms with E-state index in [-0.39, 0.29) is 6.42 Å². The van der Waals surface area contributed by atoms with Crippen molar-refractivity contribution >= 4 is 28.5 Å². The number of carbonyl (C=O) groups is 1. The zero-order chi connectivity index (χ0) is 12.6. The van der Waals surface area contributed by atoms with E-state index in [1.54, 1.807) is 0 Å². The Kier molecular flexibility index (Phi) is 3.11. The summed E-state index contributed by atoms with van der Waals surface area (Å²) in [5, 5.41) is 10.5. The van der Waals surface area contributed by atoms with Gasteiger partial charge in [0.2, 0.25) is 0 Å². The number of rotatable bonds is 3. The first-order valence-corrected chi connectivity index (χ1v) is 5.86. The van der Waals surface area contributed by atoms with Crippen LogP contribution in [0.2, 0.25) is 5.02 Å². The van der Waals surface area contributed by atoms with Gasteiger partial charge in [0.1, 0.15) is 0 Å². The van der Waals surface area contributed by atoms with E-state index in [1.807, 2.05) is 26.0 Å². The Balaban J connectivity index is 2.52. The second kappa shape index (κ2) is 4.41. The van der Waals surface area contributed by atoms with Gasteiger partial charge in [0.25, 0.3) is 0 Å². The van der Waals surface area contributed by atoms with Crippen LogP contribution in [0.25, 0.3) is 10.9 Å². The van der Waals surface area contributed by atoms with E-state index in [0.717, 1.165) is 32.7 Å². The molecule has 1 aromatic carbocycles. The molecule has 0 amide bonds. The minimum Gasteiger partial charge on any atom is -0.481 e. The number of hydrogen-bond acceptors (Lipinski definition) is 1. The molecule has 0 atom stereocenters. The minimum absolute atomic E-state index is 0.148. The molecule has 0 aliphatic heterocycles. The monoisotopic (exact) mass is 251 g/mol. The molecule has 1 aromatic heterocycles. The summed E-state index contributed by atoms with van der Waals surface area (Å²) in [4.78, 5) is 13.9. The largest absolute Gasteiger partial charge is 0.481 e. The van der Waals surface area contributed by atoms with Gasteiger partial charge in [-0.2, -0.15) is 0 Å². The molecule has 2 N–H and O–H groups in total. The van der Waals surface area contributed by atoms with Gasteiger partial charge in [-0.15, -0.1) is 0 Å². The third kappa shape index (κ3) is 2.15. The average Bonchev–Trinajstić information content (AvgIpc) is 2.58. The van der Waals surface area contributed by atoms with Gasteiger partial charge in [0.15, 0.2) is 0 Å². The normalized spacial score (nSPS) is 11.0. The highest BCUT2D eigenvalue weighted by atomic mass is 35.5. The number of nitrogens with one attached hydrogen (secondary N) is 1. The van der Waals surface area contributed by atoms with E-state index in [1.165, 1.54) is 0 Å². The molecule has 2 aromatic rings. The van der Waals surface area contributed by atoms with Gasteiger partial charge in [-0.3, -0.25) is 4.79 Å². The van der Waals surface area contributed by atoms with Gasteiger partial charge >= 0.3 is 5.97 Å². The Labute approximate surface area is 104 Å². The maximum atomic E-state index is 10.6. The van der Waals surface area contributed by atoms with Crippen molar-refractivity contribution in [1.29, 1.82) is 0 Å². The van der Waals surface area contributed by atoms with Gasteiger partial charge in [0, 0.05) is 22.5 Å². The molecule has 0 spiro atoms. The van der Waals surface area contributed by atoms with Crippen LogP contribution in [0.5, 0.6) is 0 Å². The number of halogens is 1. The quantitative estimate of drug-likeness (QED) is 0.878. The number of carboxylic acid groups (broad SMARTS) is 1. The summed E-state index contributed by atoms with van der Waals surface area (Å²) >= 11 is 6.06. The maximum absolute atomic E-state index is 10.6. The van der Waals surface area contributed by atoms with Crippen molar-refractivity contribution in [2.75, 3.05) is 0 Å². The van der Waals surface area contributed by atoms with E-state index >= 15 is 0 Å². The second-order valence-electron chi connectivity index (χ2n) is 4.22. The second-order valence-corrected chi connectivity index (χ2v) is 4.62. The van der Waals surface area contributed by atoms with Crippen molar-refractivity contribution in [3.8, 4) is 0 Å². The van der Waals surface area contributed by atoms with Crippen molar-refractivity contribution in [3.63, 3.8) is 0 Å². The topological polar surface area (TPSA) is 53.1 Å². The number of hydrogen-bond donors (Lipinski definition) is 2. The smallest absolute Gasteiger partial charge is 0.303 e. The fourth-order valence-corrected chi connectivity index (χ4v) is 2.28. The predicted octanol–water partition coefficient (Wildman–Crippen LogP) is 3.46. The summed E-state index contributed by atoms with van der Waals surface area (Å²) in [6, 6.07) is 3.81. The lowest BCUT2D eigenvalue weighted by Crippen LogP contribution is -1.98. The van der Waals surface area contributed by atoms with Crippen LogP contribution in [-0.2, 0) is 11.2 Å². The number of aryl methyl sites for hydroxylation is 3. The van der Waals surface area contributed by atoms with Crippen LogP contribution >= 0.6 is 11.6 Å². The van der Waals surface area contributed by atoms with E-state index < -0.39 is 5.97 Å². The summed E-state index contributed by atoms with van der Waals surface area (Å²) in [6.07, 6.45) is 0.692. The average molecular weight is 252 g/mol. The molecule has 0 aliphatic rings. The third-order valence-corrected chi connectivity index (χ3v) is 3.49. The molecule has 17 heavy (non-hydrogen) atoms. The zero-order valence-electron chi connectivity index (χ0n) is 9.80. The Morgan fingerprint density at radius 3 is 2.76 bits per heavy atom. The Morgan fingerprint density at radius 1 is 1.41 bits per heavy atom. The van der Waals surface area contributed by atoms with E-state index in [4.69, 9.17) is 16.7 Å². The van der Waals surface area contributed by atoms with E-state index in [2.05, 4.69) is 4.98 Å². The molecule has 0 bridgehead atoms. The Bertz CT molecular complexity index is 587. The molecule has 0 radical (unpaired) electrons. The molecule has 2 rings (SSSR count). The summed E-state index contributed by atoms with van der Waals surface area (Å²) in [7, 11) is 0. The number of carboxylic acids is 1. The molecule has 0 saturated carbocycles. The van der Waals surface area contributed by atoms with Gasteiger partial charge < -0.3 is 10.1 Å². The molecule has 4 heteroatoms. The number of benzene rings is 1. The molecular formula is C13H14ClNO2. The van der Waals surface area contributed by atoms with Crippen LogP contribution in [-0.4, -0.2) is 16.1 Å². The van der Waals surface area contributed by atoms with Crippen LogP contribution in [0.4, 0.5) is 0 Å². The van der Waals surface area contributed by atoms with Crippen molar-refractivity contribution in [2.45, 2.75) is 26.7 Å². The number of H-pyrrole nitrogens is 1. The predicted molar refractivity (Wildman–Crippen MR) is 68.7 cm³/mol. The highest BCUT2D eigenvalue weighted by molar-refractivity contribution is 6.32. The van der Waals surface area contributed by atoms with Crippen molar-refractivity contribution in [3.05, 3.63) is 34.0 Å². The van der Waals surface area contributed by atoms with Gasteiger partial charge in [-0.05, 0) is 37.5 Å². The van der Waals surface area contributed by atoms with Crippen LogP contribution in [0.3, 0.4) is 0 Å². The molecule has 3 nitrogen and oxygen atoms in total. The summed E-state index contributed by atoms with van der Waals surface area (Å²) in [5.74, 6) is -0.774. The Hall–Kier alpha value is -1.48. The van der Waals surface area contributed by atoms with Gasteiger partial charge in [0.05, 0.1) is 5.52 Å². The molecular weight excluding hydrogens is 238 g/mol. The summed E-state index contributed by atoms with van der Waals surface area (Å²) < 4.78 is 0. The fraction of sp³-hybridized carbons (Fsp3) is 0.308. The number of aromatic amines is 1. The van der Waals surface area contributed by atoms with Crippen LogP contribution < -0.4 is 0 Å². The molecule has 0 saturated heterocycles. The standard InChI is InChI=1S/C13H14ClNO2/c1-7-11(14)5-3-10-9(4-6-12(16)17)8(2)15-13(7)10/h3,5,15H,4,6H2,1-2H3,(H,16,17). The van der Waals surface area contributed by atoms with E-state index in [9.17, 15) is 4.79 Å². The third-order valence-electron chi connectivity index (χ3n) is 3.08. The lowest BCUT2D eigenvalue weighted by atomic mass is 10.0. The molecule has 90 valence electrons. The number of aliphatic carboxylic acids is 1. The van der Waals surface area contributed by atoms with Crippen molar-refractivity contribution < 1.29 is 9.90 Å². The summed E-state index contributed by atoms with van der Waals surface area (Å²) in [6.45, 7) is 3.92. The van der Waals surface area contributed by atoms with Crippen molar-refractivity contribution in [2.24, 2.45) is 0 Å². The SMILES string of the molecule is Cc1[nH]c2c(C)c(Cl)ccc2c1CCC(=O)O. The lowest BCUT2D eigenvalue weighted by molar-refractivity contribution is -0.136. The van der Waals surface area contributed by atoms with Crippen molar-refractivity contribution in [1.82, 2.24) is 4.98 Å². The molecule has 0 aliphatic carbocycles. The number of fused-ring (bicyclic) bond motifs is 1. The highest BCUT2D eigenvalue weighted by Crippen LogP contribution is 2.29. The van der Waals surface area contributed by atoms with E-state index in [0.29, 0.717) is 6.42 Å². The van der Waals surface area contributed by atoms with Gasteiger partial charge in [-0.25, -0.2) is 0 Å². The maximum Gasteiger partial charge on any atom is 0.303 e. The van der Waals surface area contributed by atoms with Crippen LogP contribution in [0.15, 0.2) is 12.1 Å². The molecule has 0 unspecified atom stereocenters. The summed E-state index contributed by atoms with van der Waals surface area (Å²) in [5.41, 5.74) is 4.11. The highest BCUT2D eigenvalue weighted by Gasteiger charge is 2.12. The van der Waals surface area contributed by atoms with Crippen LogP contribution in [0.1, 0.15) is 23.2 Å². The lowest BCUT2D eigenvalue weighted by Gasteiger charge is -2.01. The fourth-order valence-electron chi connectivity index (χ4n) is 2.12. The first kappa shape index (κ1) is 12.0. The first-order valence-electron chi connectivity index (χ1n) is 5.48. The first-order chi connectivity index (χ1) is 8.00.